The largest absolute Gasteiger partial charge is 0.339 e. The first-order valence-corrected chi connectivity index (χ1v) is 8.02. The summed E-state index contributed by atoms with van der Waals surface area (Å²) in [7, 11) is 0. The number of amides is 1. The van der Waals surface area contributed by atoms with E-state index in [2.05, 4.69) is 26.7 Å². The Morgan fingerprint density at radius 1 is 1.00 bits per heavy atom. The molecule has 6 heteroatoms. The number of nitriles is 1. The van der Waals surface area contributed by atoms with Crippen molar-refractivity contribution < 1.29 is 4.79 Å². The van der Waals surface area contributed by atoms with Crippen molar-refractivity contribution in [1.29, 1.82) is 5.26 Å². The quantitative estimate of drug-likeness (QED) is 0.748. The molecule has 0 fully saturated rings. The van der Waals surface area contributed by atoms with E-state index in [9.17, 15) is 4.79 Å². The minimum Gasteiger partial charge on any atom is -0.339 e. The van der Waals surface area contributed by atoms with Gasteiger partial charge in [-0.3, -0.25) is 4.79 Å². The van der Waals surface area contributed by atoms with Gasteiger partial charge in [-0.15, -0.1) is 0 Å². The van der Waals surface area contributed by atoms with Crippen molar-refractivity contribution in [2.75, 3.05) is 10.6 Å². The maximum atomic E-state index is 12.3. The zero-order valence-electron chi connectivity index (χ0n) is 14.4. The number of hydrogen-bond donors (Lipinski definition) is 2. The summed E-state index contributed by atoms with van der Waals surface area (Å²) in [5.74, 6) is 0.170. The Kier molecular flexibility index (Phi) is 4.90. The highest BCUT2D eigenvalue weighted by Gasteiger charge is 2.09. The van der Waals surface area contributed by atoms with Crippen molar-refractivity contribution >= 4 is 23.1 Å². The second-order valence-electron chi connectivity index (χ2n) is 5.93. The molecule has 0 saturated carbocycles. The number of aryl methyl sites for hydroxylation is 2. The molecule has 0 aliphatic rings. The first kappa shape index (κ1) is 17.1. The summed E-state index contributed by atoms with van der Waals surface area (Å²) in [6.45, 7) is 4.05. The molecule has 2 N–H and O–H groups in total. The van der Waals surface area contributed by atoms with Crippen LogP contribution in [0.25, 0.3) is 0 Å². The number of aromatic nitrogens is 2. The molecular weight excluding hydrogens is 326 g/mol. The van der Waals surface area contributed by atoms with Crippen molar-refractivity contribution in [2.24, 2.45) is 0 Å². The van der Waals surface area contributed by atoms with Crippen molar-refractivity contribution in [2.45, 2.75) is 13.8 Å². The summed E-state index contributed by atoms with van der Waals surface area (Å²) < 4.78 is 0. The predicted octanol–water partition coefficient (Wildman–Crippen LogP) is 3.96. The molecular formula is C20H17N5O. The van der Waals surface area contributed by atoms with Crippen molar-refractivity contribution in [3.8, 4) is 6.07 Å². The summed E-state index contributed by atoms with van der Waals surface area (Å²) in [4.78, 5) is 20.7. The Labute approximate surface area is 151 Å². The lowest BCUT2D eigenvalue weighted by atomic mass is 10.1. The number of hydrogen-bond acceptors (Lipinski definition) is 5. The molecule has 1 amide bonds. The molecule has 3 aromatic rings. The van der Waals surface area contributed by atoms with Gasteiger partial charge in [0.05, 0.1) is 24.0 Å². The Morgan fingerprint density at radius 3 is 2.42 bits per heavy atom. The highest BCUT2D eigenvalue weighted by atomic mass is 16.1. The van der Waals surface area contributed by atoms with Crippen LogP contribution in [0, 0.1) is 25.2 Å². The van der Waals surface area contributed by atoms with Crippen LogP contribution in [0.4, 0.5) is 17.2 Å². The monoisotopic (exact) mass is 343 g/mol. The van der Waals surface area contributed by atoms with E-state index in [4.69, 9.17) is 5.26 Å². The summed E-state index contributed by atoms with van der Waals surface area (Å²) in [5.41, 5.74) is 4.42. The number of benzene rings is 2. The van der Waals surface area contributed by atoms with E-state index in [1.165, 1.54) is 12.4 Å². The Hall–Kier alpha value is -3.72. The molecule has 0 spiro atoms. The third kappa shape index (κ3) is 4.22. The normalized spacial score (nSPS) is 10.0. The smallest absolute Gasteiger partial charge is 0.275 e. The van der Waals surface area contributed by atoms with E-state index in [0.717, 1.165) is 16.8 Å². The lowest BCUT2D eigenvalue weighted by Crippen LogP contribution is -2.14. The summed E-state index contributed by atoms with van der Waals surface area (Å²) in [5, 5.41) is 14.8. The van der Waals surface area contributed by atoms with Crippen LogP contribution in [0.2, 0.25) is 0 Å². The van der Waals surface area contributed by atoms with Gasteiger partial charge < -0.3 is 10.6 Å². The number of carbonyl (C=O) groups is 1. The van der Waals surface area contributed by atoms with Gasteiger partial charge in [0, 0.05) is 11.4 Å². The van der Waals surface area contributed by atoms with Crippen LogP contribution >= 0.6 is 0 Å². The van der Waals surface area contributed by atoms with E-state index in [-0.39, 0.29) is 11.6 Å². The Balaban J connectivity index is 1.70. The average Bonchev–Trinajstić information content (AvgIpc) is 2.61. The molecule has 6 nitrogen and oxygen atoms in total. The molecule has 0 aliphatic carbocycles. The zero-order chi connectivity index (χ0) is 18.5. The number of rotatable bonds is 4. The van der Waals surface area contributed by atoms with E-state index in [1.807, 2.05) is 32.0 Å². The first-order chi connectivity index (χ1) is 12.5. The molecule has 0 aliphatic heterocycles. The van der Waals surface area contributed by atoms with E-state index in [0.29, 0.717) is 17.1 Å². The maximum Gasteiger partial charge on any atom is 0.275 e. The van der Waals surface area contributed by atoms with Crippen LogP contribution in [0.3, 0.4) is 0 Å². The highest BCUT2D eigenvalue weighted by Crippen LogP contribution is 2.18. The molecule has 0 unspecified atom stereocenters. The molecule has 0 atom stereocenters. The van der Waals surface area contributed by atoms with Gasteiger partial charge in [0.1, 0.15) is 11.5 Å². The number of nitrogens with zero attached hydrogens (tertiary/aromatic N) is 3. The molecule has 0 bridgehead atoms. The lowest BCUT2D eigenvalue weighted by molar-refractivity contribution is 0.102. The number of anilines is 3. The number of nitrogens with one attached hydrogen (secondary N) is 2. The maximum absolute atomic E-state index is 12.3. The van der Waals surface area contributed by atoms with Crippen LogP contribution in [0.1, 0.15) is 27.2 Å². The van der Waals surface area contributed by atoms with E-state index < -0.39 is 0 Å². The molecule has 128 valence electrons. The third-order valence-electron chi connectivity index (χ3n) is 3.63. The van der Waals surface area contributed by atoms with Gasteiger partial charge >= 0.3 is 0 Å². The van der Waals surface area contributed by atoms with Crippen LogP contribution in [0.15, 0.2) is 54.9 Å². The second-order valence-corrected chi connectivity index (χ2v) is 5.93. The van der Waals surface area contributed by atoms with Gasteiger partial charge in [-0.1, -0.05) is 12.1 Å². The summed E-state index contributed by atoms with van der Waals surface area (Å²) in [6.07, 6.45) is 2.92. The highest BCUT2D eigenvalue weighted by molar-refractivity contribution is 6.02. The van der Waals surface area contributed by atoms with Crippen molar-refractivity contribution in [3.05, 3.63) is 77.2 Å². The van der Waals surface area contributed by atoms with Crippen molar-refractivity contribution in [3.63, 3.8) is 0 Å². The first-order valence-electron chi connectivity index (χ1n) is 8.02. The fourth-order valence-corrected chi connectivity index (χ4v) is 2.57. The van der Waals surface area contributed by atoms with Gasteiger partial charge in [-0.25, -0.2) is 9.97 Å². The minimum absolute atomic E-state index is 0.193. The Bertz CT molecular complexity index is 970. The summed E-state index contributed by atoms with van der Waals surface area (Å²) >= 11 is 0. The standard InChI is InChI=1S/C20H17N5O/c1-13-6-14(2)8-17(7-13)24-19-12-22-18(11-23-19)20(26)25-16-5-3-4-15(9-16)10-21/h3-9,11-12H,1-2H3,(H,23,24)(H,25,26). The molecule has 0 radical (unpaired) electrons. The average molecular weight is 343 g/mol. The van der Waals surface area contributed by atoms with Crippen LogP contribution in [-0.4, -0.2) is 15.9 Å². The van der Waals surface area contributed by atoms with Gasteiger partial charge in [0.15, 0.2) is 0 Å². The van der Waals surface area contributed by atoms with E-state index >= 15 is 0 Å². The fraction of sp³-hybridized carbons (Fsp3) is 0.100. The molecule has 26 heavy (non-hydrogen) atoms. The predicted molar refractivity (Wildman–Crippen MR) is 100 cm³/mol. The third-order valence-corrected chi connectivity index (χ3v) is 3.63. The molecule has 0 saturated heterocycles. The van der Waals surface area contributed by atoms with Gasteiger partial charge in [0.25, 0.3) is 5.91 Å². The Morgan fingerprint density at radius 2 is 1.77 bits per heavy atom. The molecule has 1 aromatic heterocycles. The summed E-state index contributed by atoms with van der Waals surface area (Å²) in [6, 6.07) is 14.8. The van der Waals surface area contributed by atoms with Crippen molar-refractivity contribution in [1.82, 2.24) is 9.97 Å². The topological polar surface area (TPSA) is 90.7 Å². The molecule has 2 aromatic carbocycles. The molecule has 3 rings (SSSR count). The van der Waals surface area contributed by atoms with Crippen LogP contribution in [-0.2, 0) is 0 Å². The van der Waals surface area contributed by atoms with Crippen LogP contribution < -0.4 is 10.6 Å². The SMILES string of the molecule is Cc1cc(C)cc(Nc2cnc(C(=O)Nc3cccc(C#N)c3)cn2)c1. The lowest BCUT2D eigenvalue weighted by Gasteiger charge is -2.08. The van der Waals surface area contributed by atoms with Gasteiger partial charge in [0.2, 0.25) is 0 Å². The zero-order valence-corrected chi connectivity index (χ0v) is 14.4. The molecule has 1 heterocycles. The van der Waals surface area contributed by atoms with Gasteiger partial charge in [-0.2, -0.15) is 5.26 Å². The number of carbonyl (C=O) groups excluding carboxylic acids is 1. The van der Waals surface area contributed by atoms with Crippen LogP contribution in [0.5, 0.6) is 0 Å². The second kappa shape index (κ2) is 7.45. The van der Waals surface area contributed by atoms with Gasteiger partial charge in [-0.05, 0) is 55.3 Å². The van der Waals surface area contributed by atoms with E-state index in [1.54, 1.807) is 24.3 Å². The minimum atomic E-state index is -0.384. The fourth-order valence-electron chi connectivity index (χ4n) is 2.57.